The standard InChI is InChI=1S/C14H19F3O2/c1-12(2,10-5-7-11(18)8-6-10)13(3,4)19-9-14(15,16)17/h5-8,18H,9H2,1-4H3. The lowest BCUT2D eigenvalue weighted by Gasteiger charge is -2.42. The van der Waals surface area contributed by atoms with Crippen LogP contribution in [-0.4, -0.2) is 23.5 Å². The van der Waals surface area contributed by atoms with Crippen molar-refractivity contribution in [3.8, 4) is 5.75 Å². The van der Waals surface area contributed by atoms with Gasteiger partial charge in [-0.1, -0.05) is 26.0 Å². The lowest BCUT2D eigenvalue weighted by atomic mass is 9.72. The SMILES string of the molecule is CC(C)(OCC(F)(F)F)C(C)(C)c1ccc(O)cc1. The second-order valence-electron chi connectivity index (χ2n) is 5.59. The Morgan fingerprint density at radius 3 is 1.89 bits per heavy atom. The van der Waals surface area contributed by atoms with Crippen molar-refractivity contribution >= 4 is 0 Å². The van der Waals surface area contributed by atoms with E-state index in [0.29, 0.717) is 0 Å². The summed E-state index contributed by atoms with van der Waals surface area (Å²) in [6.45, 7) is 5.62. The van der Waals surface area contributed by atoms with E-state index in [2.05, 4.69) is 0 Å². The van der Waals surface area contributed by atoms with E-state index in [4.69, 9.17) is 4.74 Å². The molecule has 0 aliphatic rings. The van der Waals surface area contributed by atoms with E-state index in [-0.39, 0.29) is 5.75 Å². The van der Waals surface area contributed by atoms with Crippen LogP contribution in [0, 0.1) is 0 Å². The minimum Gasteiger partial charge on any atom is -0.508 e. The largest absolute Gasteiger partial charge is 0.508 e. The van der Waals surface area contributed by atoms with Crippen LogP contribution in [0.5, 0.6) is 5.75 Å². The Labute approximate surface area is 111 Å². The minimum absolute atomic E-state index is 0.119. The summed E-state index contributed by atoms with van der Waals surface area (Å²) < 4.78 is 41.9. The first-order chi connectivity index (χ1) is 8.46. The highest BCUT2D eigenvalue weighted by atomic mass is 19.4. The van der Waals surface area contributed by atoms with Crippen molar-refractivity contribution in [1.82, 2.24) is 0 Å². The third-order valence-electron chi connectivity index (χ3n) is 3.69. The average Bonchev–Trinajstić information content (AvgIpc) is 2.26. The molecule has 0 heterocycles. The van der Waals surface area contributed by atoms with Gasteiger partial charge >= 0.3 is 6.18 Å². The van der Waals surface area contributed by atoms with Gasteiger partial charge < -0.3 is 9.84 Å². The number of rotatable bonds is 4. The third-order valence-corrected chi connectivity index (χ3v) is 3.69. The molecule has 108 valence electrons. The molecule has 0 fully saturated rings. The van der Waals surface area contributed by atoms with Crippen molar-refractivity contribution in [2.45, 2.75) is 44.9 Å². The molecule has 0 aromatic heterocycles. The van der Waals surface area contributed by atoms with Gasteiger partial charge in [0.05, 0.1) is 5.60 Å². The Morgan fingerprint density at radius 1 is 1.00 bits per heavy atom. The predicted octanol–water partition coefficient (Wildman–Crippen LogP) is 4.03. The van der Waals surface area contributed by atoms with E-state index < -0.39 is 23.8 Å². The molecule has 0 aliphatic heterocycles. The van der Waals surface area contributed by atoms with Gasteiger partial charge in [-0.25, -0.2) is 0 Å². The first kappa shape index (κ1) is 15.8. The first-order valence-corrected chi connectivity index (χ1v) is 5.96. The minimum atomic E-state index is -4.34. The van der Waals surface area contributed by atoms with Gasteiger partial charge in [-0.05, 0) is 31.5 Å². The van der Waals surface area contributed by atoms with Crippen LogP contribution in [0.1, 0.15) is 33.3 Å². The second-order valence-corrected chi connectivity index (χ2v) is 5.59. The molecule has 0 amide bonds. The number of alkyl halides is 3. The normalized spacial score (nSPS) is 13.6. The van der Waals surface area contributed by atoms with Gasteiger partial charge in [0.25, 0.3) is 0 Å². The lowest BCUT2D eigenvalue weighted by molar-refractivity contribution is -0.209. The maximum atomic E-state index is 12.3. The van der Waals surface area contributed by atoms with Crippen LogP contribution >= 0.6 is 0 Å². The van der Waals surface area contributed by atoms with E-state index in [9.17, 15) is 18.3 Å². The Balaban J connectivity index is 2.93. The van der Waals surface area contributed by atoms with E-state index in [1.54, 1.807) is 26.0 Å². The molecule has 0 saturated carbocycles. The van der Waals surface area contributed by atoms with E-state index >= 15 is 0 Å². The second kappa shape index (κ2) is 5.04. The van der Waals surface area contributed by atoms with Crippen LogP contribution in [0.4, 0.5) is 13.2 Å². The van der Waals surface area contributed by atoms with Crippen LogP contribution in [-0.2, 0) is 10.2 Å². The number of benzene rings is 1. The van der Waals surface area contributed by atoms with Crippen molar-refractivity contribution in [1.29, 1.82) is 0 Å². The number of phenols is 1. The van der Waals surface area contributed by atoms with E-state index in [0.717, 1.165) is 5.56 Å². The fourth-order valence-electron chi connectivity index (χ4n) is 1.67. The summed E-state index contributed by atoms with van der Waals surface area (Å²) in [5, 5.41) is 9.26. The summed E-state index contributed by atoms with van der Waals surface area (Å²) in [4.78, 5) is 0. The molecular weight excluding hydrogens is 257 g/mol. The number of aromatic hydroxyl groups is 1. The first-order valence-electron chi connectivity index (χ1n) is 5.96. The molecule has 19 heavy (non-hydrogen) atoms. The smallest absolute Gasteiger partial charge is 0.411 e. The van der Waals surface area contributed by atoms with Crippen molar-refractivity contribution in [2.24, 2.45) is 0 Å². The molecule has 5 heteroatoms. The number of halogens is 3. The van der Waals surface area contributed by atoms with Gasteiger partial charge in [-0.3, -0.25) is 0 Å². The zero-order chi connectivity index (χ0) is 14.9. The maximum absolute atomic E-state index is 12.3. The van der Waals surface area contributed by atoms with Crippen molar-refractivity contribution < 1.29 is 23.0 Å². The number of hydrogen-bond acceptors (Lipinski definition) is 2. The Kier molecular flexibility index (Phi) is 4.20. The number of ether oxygens (including phenoxy) is 1. The van der Waals surface area contributed by atoms with Crippen molar-refractivity contribution in [2.75, 3.05) is 6.61 Å². The molecule has 1 N–H and O–H groups in total. The molecule has 0 bridgehead atoms. The molecule has 0 unspecified atom stereocenters. The van der Waals surface area contributed by atoms with Crippen LogP contribution < -0.4 is 0 Å². The fraction of sp³-hybridized carbons (Fsp3) is 0.571. The molecule has 2 nitrogen and oxygen atoms in total. The fourth-order valence-corrected chi connectivity index (χ4v) is 1.67. The van der Waals surface area contributed by atoms with E-state index in [1.165, 1.54) is 12.1 Å². The predicted molar refractivity (Wildman–Crippen MR) is 67.2 cm³/mol. The molecule has 0 atom stereocenters. The van der Waals surface area contributed by atoms with Crippen molar-refractivity contribution in [3.05, 3.63) is 29.8 Å². The molecular formula is C14H19F3O2. The molecule has 1 aromatic carbocycles. The molecule has 0 aliphatic carbocycles. The van der Waals surface area contributed by atoms with Gasteiger partial charge in [-0.2, -0.15) is 13.2 Å². The van der Waals surface area contributed by atoms with Gasteiger partial charge in [0.2, 0.25) is 0 Å². The molecule has 1 rings (SSSR count). The zero-order valence-electron chi connectivity index (χ0n) is 11.5. The molecule has 0 saturated heterocycles. The van der Waals surface area contributed by atoms with Crippen LogP contribution in [0.25, 0.3) is 0 Å². The van der Waals surface area contributed by atoms with Gasteiger partial charge in [-0.15, -0.1) is 0 Å². The van der Waals surface area contributed by atoms with Gasteiger partial charge in [0, 0.05) is 5.41 Å². The zero-order valence-corrected chi connectivity index (χ0v) is 11.5. The summed E-state index contributed by atoms with van der Waals surface area (Å²) >= 11 is 0. The molecule has 0 radical (unpaired) electrons. The molecule has 0 spiro atoms. The summed E-state index contributed by atoms with van der Waals surface area (Å²) in [5.41, 5.74) is -0.830. The monoisotopic (exact) mass is 276 g/mol. The van der Waals surface area contributed by atoms with Crippen LogP contribution in [0.3, 0.4) is 0 Å². The number of phenolic OH excluding ortho intramolecular Hbond substituents is 1. The Morgan fingerprint density at radius 2 is 1.47 bits per heavy atom. The van der Waals surface area contributed by atoms with Gasteiger partial charge in [0.15, 0.2) is 0 Å². The summed E-state index contributed by atoms with van der Waals surface area (Å²) in [5.74, 6) is 0.119. The topological polar surface area (TPSA) is 29.5 Å². The van der Waals surface area contributed by atoms with Crippen LogP contribution in [0.2, 0.25) is 0 Å². The van der Waals surface area contributed by atoms with Gasteiger partial charge in [0.1, 0.15) is 12.4 Å². The third kappa shape index (κ3) is 3.86. The average molecular weight is 276 g/mol. The molecule has 1 aromatic rings. The highest BCUT2D eigenvalue weighted by Gasteiger charge is 2.42. The van der Waals surface area contributed by atoms with Crippen molar-refractivity contribution in [3.63, 3.8) is 0 Å². The van der Waals surface area contributed by atoms with Crippen LogP contribution in [0.15, 0.2) is 24.3 Å². The van der Waals surface area contributed by atoms with E-state index in [1.807, 2.05) is 13.8 Å². The summed E-state index contributed by atoms with van der Waals surface area (Å²) in [7, 11) is 0. The summed E-state index contributed by atoms with van der Waals surface area (Å²) in [6.07, 6.45) is -4.34. The number of hydrogen-bond donors (Lipinski definition) is 1. The Bertz CT molecular complexity index is 419. The Hall–Kier alpha value is -1.23. The quantitative estimate of drug-likeness (QED) is 0.899. The summed E-state index contributed by atoms with van der Waals surface area (Å²) in [6, 6.07) is 6.40. The lowest BCUT2D eigenvalue weighted by Crippen LogP contribution is -2.46. The highest BCUT2D eigenvalue weighted by Crippen LogP contribution is 2.38. The highest BCUT2D eigenvalue weighted by molar-refractivity contribution is 5.32. The maximum Gasteiger partial charge on any atom is 0.411 e.